The van der Waals surface area contributed by atoms with Crippen LogP contribution in [0.2, 0.25) is 0 Å². The summed E-state index contributed by atoms with van der Waals surface area (Å²) in [5, 5.41) is 12.4. The van der Waals surface area contributed by atoms with Gasteiger partial charge in [0.1, 0.15) is 16.8 Å². The molecule has 0 N–H and O–H groups in total. The van der Waals surface area contributed by atoms with Crippen molar-refractivity contribution in [1.82, 2.24) is 4.98 Å². The van der Waals surface area contributed by atoms with E-state index in [1.807, 2.05) is 35.7 Å². The maximum Gasteiger partial charge on any atom is 0.134 e. The third kappa shape index (κ3) is 5.09. The van der Waals surface area contributed by atoms with Gasteiger partial charge in [-0.15, -0.1) is 11.3 Å². The summed E-state index contributed by atoms with van der Waals surface area (Å²) in [5.74, 6) is 0.858. The Hall–Kier alpha value is -2.90. The van der Waals surface area contributed by atoms with Crippen molar-refractivity contribution in [3.63, 3.8) is 0 Å². The Labute approximate surface area is 171 Å². The topological polar surface area (TPSA) is 45.9 Å². The highest BCUT2D eigenvalue weighted by atomic mass is 32.1. The molecule has 2 aromatic carbocycles. The lowest BCUT2D eigenvalue weighted by molar-refractivity contribution is 0.309. The van der Waals surface area contributed by atoms with E-state index in [1.54, 1.807) is 0 Å². The monoisotopic (exact) mass is 388 g/mol. The van der Waals surface area contributed by atoms with Crippen molar-refractivity contribution in [2.75, 3.05) is 6.61 Å². The van der Waals surface area contributed by atoms with Gasteiger partial charge in [-0.1, -0.05) is 56.7 Å². The number of hydrogen-bond donors (Lipinski definition) is 0. The van der Waals surface area contributed by atoms with Gasteiger partial charge < -0.3 is 4.74 Å². The number of unbranched alkanes of at least 4 members (excludes halogenated alkanes) is 1. The molecule has 3 nitrogen and oxygen atoms in total. The lowest BCUT2D eigenvalue weighted by atomic mass is 10.1. The van der Waals surface area contributed by atoms with Crippen LogP contribution in [0.3, 0.4) is 0 Å². The molecular weight excluding hydrogens is 364 g/mol. The first kappa shape index (κ1) is 19.9. The molecule has 3 rings (SSSR count). The van der Waals surface area contributed by atoms with Gasteiger partial charge in [-0.05, 0) is 42.2 Å². The minimum Gasteiger partial charge on any atom is -0.494 e. The molecule has 0 spiro atoms. The molecule has 0 radical (unpaired) electrons. The average molecular weight is 389 g/mol. The van der Waals surface area contributed by atoms with Crippen LogP contribution < -0.4 is 4.74 Å². The van der Waals surface area contributed by atoms with E-state index >= 15 is 0 Å². The number of nitrogens with zero attached hydrogens (tertiary/aromatic N) is 2. The number of allylic oxidation sites excluding steroid dienone is 1. The minimum atomic E-state index is 0.570. The van der Waals surface area contributed by atoms with E-state index < -0.39 is 0 Å². The van der Waals surface area contributed by atoms with Crippen molar-refractivity contribution in [2.45, 2.75) is 33.1 Å². The summed E-state index contributed by atoms with van der Waals surface area (Å²) in [6.45, 7) is 5.02. The van der Waals surface area contributed by atoms with Gasteiger partial charge in [0.05, 0.1) is 17.9 Å². The zero-order valence-corrected chi connectivity index (χ0v) is 17.1. The molecular formula is C24H24N2OS. The predicted octanol–water partition coefficient (Wildman–Crippen LogP) is 6.62. The zero-order chi connectivity index (χ0) is 19.8. The normalized spacial score (nSPS) is 11.2. The summed E-state index contributed by atoms with van der Waals surface area (Å²) < 4.78 is 5.69. The molecule has 0 saturated heterocycles. The third-order valence-corrected chi connectivity index (χ3v) is 5.35. The van der Waals surface area contributed by atoms with Gasteiger partial charge in [0, 0.05) is 10.9 Å². The molecule has 4 heteroatoms. The fourth-order valence-corrected chi connectivity index (χ4v) is 3.54. The smallest absolute Gasteiger partial charge is 0.134 e. The second-order valence-electron chi connectivity index (χ2n) is 6.53. The second-order valence-corrected chi connectivity index (χ2v) is 7.39. The summed E-state index contributed by atoms with van der Waals surface area (Å²) >= 11 is 1.50. The molecule has 0 unspecified atom stereocenters. The minimum absolute atomic E-state index is 0.570. The van der Waals surface area contributed by atoms with Crippen LogP contribution in [-0.2, 0) is 6.42 Å². The highest BCUT2D eigenvalue weighted by molar-refractivity contribution is 7.11. The van der Waals surface area contributed by atoms with Crippen molar-refractivity contribution in [1.29, 1.82) is 5.26 Å². The molecule has 0 aliphatic carbocycles. The molecule has 3 aromatic rings. The number of nitriles is 1. The molecule has 0 atom stereocenters. The summed E-state index contributed by atoms with van der Waals surface area (Å²) in [7, 11) is 0. The Morgan fingerprint density at radius 3 is 2.50 bits per heavy atom. The lowest BCUT2D eigenvalue weighted by Crippen LogP contribution is -1.95. The first-order valence-corrected chi connectivity index (χ1v) is 10.5. The quantitative estimate of drug-likeness (QED) is 0.322. The van der Waals surface area contributed by atoms with Gasteiger partial charge in [-0.2, -0.15) is 5.26 Å². The van der Waals surface area contributed by atoms with Crippen LogP contribution in [0.15, 0.2) is 53.9 Å². The van der Waals surface area contributed by atoms with Crippen molar-refractivity contribution in [2.24, 2.45) is 0 Å². The second kappa shape index (κ2) is 9.87. The fraction of sp³-hybridized carbons (Fsp3) is 0.250. The maximum atomic E-state index is 9.61. The first-order chi connectivity index (χ1) is 13.7. The van der Waals surface area contributed by atoms with Crippen LogP contribution in [0.4, 0.5) is 0 Å². The Kier molecular flexibility index (Phi) is 7.00. The van der Waals surface area contributed by atoms with Gasteiger partial charge in [0.15, 0.2) is 0 Å². The molecule has 0 aliphatic rings. The number of thiazole rings is 1. The Balaban J connectivity index is 1.76. The van der Waals surface area contributed by atoms with E-state index in [0.29, 0.717) is 5.57 Å². The molecule has 0 aliphatic heterocycles. The predicted molar refractivity (Wildman–Crippen MR) is 117 cm³/mol. The van der Waals surface area contributed by atoms with Crippen LogP contribution in [0.1, 0.15) is 42.8 Å². The molecule has 0 amide bonds. The van der Waals surface area contributed by atoms with Gasteiger partial charge in [-0.3, -0.25) is 0 Å². The highest BCUT2D eigenvalue weighted by Gasteiger charge is 2.09. The number of aryl methyl sites for hydroxylation is 1. The van der Waals surface area contributed by atoms with E-state index in [9.17, 15) is 5.26 Å². The van der Waals surface area contributed by atoms with E-state index in [0.717, 1.165) is 53.4 Å². The molecule has 0 bridgehead atoms. The number of ether oxygens (including phenoxy) is 1. The van der Waals surface area contributed by atoms with E-state index in [2.05, 4.69) is 49.2 Å². The summed E-state index contributed by atoms with van der Waals surface area (Å²) in [4.78, 5) is 4.67. The number of aromatic nitrogens is 1. The van der Waals surface area contributed by atoms with Crippen LogP contribution in [0.5, 0.6) is 5.75 Å². The van der Waals surface area contributed by atoms with Gasteiger partial charge >= 0.3 is 0 Å². The van der Waals surface area contributed by atoms with Crippen LogP contribution in [-0.4, -0.2) is 11.6 Å². The van der Waals surface area contributed by atoms with E-state index in [-0.39, 0.29) is 0 Å². The molecule has 1 heterocycles. The van der Waals surface area contributed by atoms with Crippen LogP contribution in [0.25, 0.3) is 22.9 Å². The van der Waals surface area contributed by atoms with Crippen molar-refractivity contribution < 1.29 is 4.74 Å². The van der Waals surface area contributed by atoms with Crippen LogP contribution in [0, 0.1) is 11.3 Å². The average Bonchev–Trinajstić information content (AvgIpc) is 3.23. The van der Waals surface area contributed by atoms with Gasteiger partial charge in [-0.25, -0.2) is 4.98 Å². The molecule has 1 aromatic heterocycles. The lowest BCUT2D eigenvalue weighted by Gasteiger charge is -2.05. The fourth-order valence-electron chi connectivity index (χ4n) is 2.74. The van der Waals surface area contributed by atoms with Crippen molar-refractivity contribution in [3.05, 3.63) is 70.0 Å². The standard InChI is InChI=1S/C24H24N2OS/c1-3-5-14-27-22-12-8-19(9-13-22)15-21(16-25)24-26-23(17-28-24)20-10-6-18(4-2)7-11-20/h6-13,15,17H,3-5,14H2,1-2H3. The summed E-state index contributed by atoms with van der Waals surface area (Å²) in [6.07, 6.45) is 5.06. The van der Waals surface area contributed by atoms with Crippen molar-refractivity contribution >= 4 is 23.0 Å². The number of rotatable bonds is 8. The van der Waals surface area contributed by atoms with Crippen molar-refractivity contribution in [3.8, 4) is 23.1 Å². The number of benzene rings is 2. The molecule has 0 fully saturated rings. The Morgan fingerprint density at radius 1 is 1.11 bits per heavy atom. The maximum absolute atomic E-state index is 9.61. The Morgan fingerprint density at radius 2 is 1.86 bits per heavy atom. The molecule has 142 valence electrons. The van der Waals surface area contributed by atoms with Crippen LogP contribution >= 0.6 is 11.3 Å². The largest absolute Gasteiger partial charge is 0.494 e. The summed E-state index contributed by atoms with van der Waals surface area (Å²) in [5.41, 5.74) is 4.82. The SMILES string of the molecule is CCCCOc1ccc(C=C(C#N)c2nc(-c3ccc(CC)cc3)cs2)cc1. The summed E-state index contributed by atoms with van der Waals surface area (Å²) in [6, 6.07) is 18.5. The molecule has 28 heavy (non-hydrogen) atoms. The van der Waals surface area contributed by atoms with Gasteiger partial charge in [0.25, 0.3) is 0 Å². The molecule has 0 saturated carbocycles. The number of hydrogen-bond acceptors (Lipinski definition) is 4. The Bertz CT molecular complexity index is 963. The van der Waals surface area contributed by atoms with E-state index in [4.69, 9.17) is 4.74 Å². The first-order valence-electron chi connectivity index (χ1n) is 9.63. The van der Waals surface area contributed by atoms with Gasteiger partial charge in [0.2, 0.25) is 0 Å². The highest BCUT2D eigenvalue weighted by Crippen LogP contribution is 2.28. The van der Waals surface area contributed by atoms with E-state index in [1.165, 1.54) is 16.9 Å². The zero-order valence-electron chi connectivity index (χ0n) is 16.3. The third-order valence-electron chi connectivity index (χ3n) is 4.47.